The van der Waals surface area contributed by atoms with Crippen molar-refractivity contribution in [2.24, 2.45) is 0 Å². The van der Waals surface area contributed by atoms with Gasteiger partial charge in [0, 0.05) is 31.4 Å². The summed E-state index contributed by atoms with van der Waals surface area (Å²) in [6, 6.07) is 8.73. The van der Waals surface area contributed by atoms with Crippen LogP contribution in [0.25, 0.3) is 0 Å². The van der Waals surface area contributed by atoms with Crippen LogP contribution in [0, 0.1) is 10.1 Å². The molecular weight excluding hydrogens is 268 g/mol. The number of aromatic nitrogens is 2. The lowest BCUT2D eigenvalue weighted by molar-refractivity contribution is -0.384. The Hall–Kier alpha value is -2.21. The fraction of sp³-hybridized carbons (Fsp3) is 0.400. The molecule has 0 atom stereocenters. The Balaban J connectivity index is 1.76. The fourth-order valence-corrected chi connectivity index (χ4v) is 2.16. The molecule has 1 heterocycles. The zero-order valence-corrected chi connectivity index (χ0v) is 12.2. The summed E-state index contributed by atoms with van der Waals surface area (Å²) >= 11 is 0. The van der Waals surface area contributed by atoms with Crippen LogP contribution in [0.2, 0.25) is 0 Å². The fourth-order valence-electron chi connectivity index (χ4n) is 2.16. The number of non-ortho nitro benzene ring substituents is 1. The summed E-state index contributed by atoms with van der Waals surface area (Å²) in [7, 11) is 0. The van der Waals surface area contributed by atoms with Gasteiger partial charge in [-0.1, -0.05) is 19.1 Å². The zero-order valence-electron chi connectivity index (χ0n) is 12.2. The Kier molecular flexibility index (Phi) is 5.45. The lowest BCUT2D eigenvalue weighted by Gasteiger charge is -2.07. The maximum atomic E-state index is 10.6. The van der Waals surface area contributed by atoms with Gasteiger partial charge in [0.05, 0.1) is 10.6 Å². The number of nitro groups is 1. The second-order valence-corrected chi connectivity index (χ2v) is 4.90. The number of aryl methyl sites for hydroxylation is 1. The molecule has 1 aromatic heterocycles. The Morgan fingerprint density at radius 3 is 2.71 bits per heavy atom. The number of hydrogen-bond donors (Lipinski definition) is 1. The van der Waals surface area contributed by atoms with E-state index in [2.05, 4.69) is 17.3 Å². The molecule has 1 aromatic carbocycles. The minimum Gasteiger partial charge on any atom is -0.311 e. The van der Waals surface area contributed by atoms with Crippen molar-refractivity contribution in [3.8, 4) is 0 Å². The molecule has 0 aliphatic heterocycles. The first-order chi connectivity index (χ1) is 10.2. The van der Waals surface area contributed by atoms with E-state index in [0.29, 0.717) is 0 Å². The number of nitrogens with zero attached hydrogens (tertiary/aromatic N) is 3. The minimum atomic E-state index is -0.378. The predicted octanol–water partition coefficient (Wildman–Crippen LogP) is 2.53. The van der Waals surface area contributed by atoms with Crippen molar-refractivity contribution in [1.29, 1.82) is 0 Å². The summed E-state index contributed by atoms with van der Waals surface area (Å²) < 4.78 is 2.01. The van der Waals surface area contributed by atoms with E-state index in [4.69, 9.17) is 0 Å². The summed E-state index contributed by atoms with van der Waals surface area (Å²) in [5, 5.41) is 18.2. The van der Waals surface area contributed by atoms with E-state index in [0.717, 1.165) is 38.0 Å². The number of nitro benzene ring substituents is 1. The Morgan fingerprint density at radius 1 is 1.29 bits per heavy atom. The van der Waals surface area contributed by atoms with Crippen LogP contribution in [0.4, 0.5) is 5.69 Å². The predicted molar refractivity (Wildman–Crippen MR) is 81.0 cm³/mol. The van der Waals surface area contributed by atoms with E-state index in [1.54, 1.807) is 24.3 Å². The second kappa shape index (κ2) is 7.54. The second-order valence-electron chi connectivity index (χ2n) is 4.90. The monoisotopic (exact) mass is 288 g/mol. The summed E-state index contributed by atoms with van der Waals surface area (Å²) in [6.45, 7) is 4.68. The van der Waals surface area contributed by atoms with E-state index in [1.807, 2.05) is 16.9 Å². The van der Waals surface area contributed by atoms with Crippen LogP contribution in [-0.4, -0.2) is 21.2 Å². The van der Waals surface area contributed by atoms with Gasteiger partial charge in [-0.15, -0.1) is 0 Å². The first kappa shape index (κ1) is 15.2. The third-order valence-electron chi connectivity index (χ3n) is 3.28. The standard InChI is InChI=1S/C15H20N4O2/c1-2-11-18-15(8-10-17-18)12-16-9-7-13-3-5-14(6-4-13)19(20)21/h3-6,8,10,16H,2,7,9,11-12H2,1H3. The lowest BCUT2D eigenvalue weighted by atomic mass is 10.1. The van der Waals surface area contributed by atoms with Gasteiger partial charge in [0.2, 0.25) is 0 Å². The third-order valence-corrected chi connectivity index (χ3v) is 3.28. The summed E-state index contributed by atoms with van der Waals surface area (Å²) in [6.07, 6.45) is 3.74. The normalized spacial score (nSPS) is 10.7. The average molecular weight is 288 g/mol. The number of benzene rings is 1. The van der Waals surface area contributed by atoms with E-state index in [-0.39, 0.29) is 10.6 Å². The van der Waals surface area contributed by atoms with Crippen molar-refractivity contribution in [3.63, 3.8) is 0 Å². The number of rotatable bonds is 8. The highest BCUT2D eigenvalue weighted by Gasteiger charge is 2.04. The average Bonchev–Trinajstić information content (AvgIpc) is 2.92. The molecule has 2 aromatic rings. The molecule has 6 heteroatoms. The van der Waals surface area contributed by atoms with Gasteiger partial charge in [-0.2, -0.15) is 5.10 Å². The molecule has 0 bridgehead atoms. The van der Waals surface area contributed by atoms with Crippen molar-refractivity contribution in [1.82, 2.24) is 15.1 Å². The quantitative estimate of drug-likeness (QED) is 0.460. The van der Waals surface area contributed by atoms with Gasteiger partial charge in [0.1, 0.15) is 0 Å². The van der Waals surface area contributed by atoms with Crippen LogP contribution < -0.4 is 5.32 Å². The Labute approximate surface area is 123 Å². The molecule has 6 nitrogen and oxygen atoms in total. The molecule has 0 saturated carbocycles. The van der Waals surface area contributed by atoms with Crippen LogP contribution in [0.1, 0.15) is 24.6 Å². The zero-order chi connectivity index (χ0) is 15.1. The van der Waals surface area contributed by atoms with Gasteiger partial charge in [-0.3, -0.25) is 14.8 Å². The largest absolute Gasteiger partial charge is 0.311 e. The Morgan fingerprint density at radius 2 is 2.05 bits per heavy atom. The van der Waals surface area contributed by atoms with Crippen molar-refractivity contribution < 1.29 is 4.92 Å². The summed E-state index contributed by atoms with van der Waals surface area (Å²) in [5.74, 6) is 0. The molecule has 0 aliphatic carbocycles. The molecule has 0 radical (unpaired) electrons. The highest BCUT2D eigenvalue weighted by molar-refractivity contribution is 5.32. The van der Waals surface area contributed by atoms with Gasteiger partial charge >= 0.3 is 0 Å². The van der Waals surface area contributed by atoms with E-state index in [1.165, 1.54) is 5.69 Å². The molecular formula is C15H20N4O2. The summed E-state index contributed by atoms with van der Waals surface area (Å²) in [5.41, 5.74) is 2.41. The summed E-state index contributed by atoms with van der Waals surface area (Å²) in [4.78, 5) is 10.2. The van der Waals surface area contributed by atoms with E-state index >= 15 is 0 Å². The smallest absolute Gasteiger partial charge is 0.269 e. The molecule has 112 valence electrons. The van der Waals surface area contributed by atoms with Crippen molar-refractivity contribution in [2.75, 3.05) is 6.54 Å². The molecule has 0 saturated heterocycles. The van der Waals surface area contributed by atoms with Crippen molar-refractivity contribution in [3.05, 3.63) is 57.9 Å². The molecule has 0 spiro atoms. The molecule has 2 rings (SSSR count). The van der Waals surface area contributed by atoms with Gasteiger partial charge < -0.3 is 5.32 Å². The van der Waals surface area contributed by atoms with Crippen LogP contribution >= 0.6 is 0 Å². The minimum absolute atomic E-state index is 0.134. The highest BCUT2D eigenvalue weighted by atomic mass is 16.6. The number of nitrogens with one attached hydrogen (secondary N) is 1. The van der Waals surface area contributed by atoms with Crippen LogP contribution in [0.3, 0.4) is 0 Å². The third kappa shape index (κ3) is 4.39. The van der Waals surface area contributed by atoms with Crippen LogP contribution in [-0.2, 0) is 19.5 Å². The Bertz CT molecular complexity index is 578. The molecule has 21 heavy (non-hydrogen) atoms. The van der Waals surface area contributed by atoms with Crippen LogP contribution in [0.15, 0.2) is 36.5 Å². The first-order valence-corrected chi connectivity index (χ1v) is 7.15. The van der Waals surface area contributed by atoms with Crippen molar-refractivity contribution in [2.45, 2.75) is 32.9 Å². The molecule has 0 unspecified atom stereocenters. The first-order valence-electron chi connectivity index (χ1n) is 7.15. The van der Waals surface area contributed by atoms with Gasteiger partial charge in [0.25, 0.3) is 5.69 Å². The molecule has 1 N–H and O–H groups in total. The van der Waals surface area contributed by atoms with Crippen molar-refractivity contribution >= 4 is 5.69 Å². The molecule has 0 fully saturated rings. The SMILES string of the molecule is CCCn1nccc1CNCCc1ccc([N+](=O)[O-])cc1. The topological polar surface area (TPSA) is 73.0 Å². The van der Waals surface area contributed by atoms with E-state index < -0.39 is 0 Å². The van der Waals surface area contributed by atoms with E-state index in [9.17, 15) is 10.1 Å². The van der Waals surface area contributed by atoms with Gasteiger partial charge in [0.15, 0.2) is 0 Å². The van der Waals surface area contributed by atoms with Crippen LogP contribution in [0.5, 0.6) is 0 Å². The molecule has 0 amide bonds. The maximum Gasteiger partial charge on any atom is 0.269 e. The maximum absolute atomic E-state index is 10.6. The lowest BCUT2D eigenvalue weighted by Crippen LogP contribution is -2.19. The highest BCUT2D eigenvalue weighted by Crippen LogP contribution is 2.12. The van der Waals surface area contributed by atoms with Gasteiger partial charge in [-0.05, 0) is 31.0 Å². The molecule has 0 aliphatic rings. The van der Waals surface area contributed by atoms with Gasteiger partial charge in [-0.25, -0.2) is 0 Å². The number of hydrogen-bond acceptors (Lipinski definition) is 4.